The molecule has 0 aromatic heterocycles. The van der Waals surface area contributed by atoms with E-state index in [4.69, 9.17) is 5.11 Å². The lowest BCUT2D eigenvalue weighted by Crippen LogP contribution is -2.28. The summed E-state index contributed by atoms with van der Waals surface area (Å²) in [5, 5.41) is 8.53. The van der Waals surface area contributed by atoms with E-state index in [0.717, 1.165) is 0 Å². The molecular weight excluding hydrogens is 333 g/mol. The highest BCUT2D eigenvalue weighted by atomic mass is 127. The number of carbonyl (C=O) groups is 1. The lowest BCUT2D eigenvalue weighted by Gasteiger charge is -2.11. The first-order valence-electron chi connectivity index (χ1n) is 4.97. The number of aliphatic hydroxyl groups excluding tert-OH is 1. The Bertz CT molecular complexity index is 254. The number of hydrogen-bond donors (Lipinski definition) is 1. The van der Waals surface area contributed by atoms with Crippen molar-refractivity contribution in [2.45, 2.75) is 32.1 Å². The quantitative estimate of drug-likeness (QED) is 0.437. The molecule has 0 fully saturated rings. The third-order valence-corrected chi connectivity index (χ3v) is 2.56. The summed E-state index contributed by atoms with van der Waals surface area (Å²) in [4.78, 5) is 10.9. The SMILES string of the molecule is CCOC(=O)C(F)(F)C=C(I)CCCCO. The van der Waals surface area contributed by atoms with Gasteiger partial charge in [-0.1, -0.05) is 0 Å². The first-order chi connectivity index (χ1) is 7.44. The Kier molecular flexibility index (Phi) is 7.82. The minimum absolute atomic E-state index is 0.0399. The molecule has 0 spiro atoms. The lowest BCUT2D eigenvalue weighted by atomic mass is 10.2. The van der Waals surface area contributed by atoms with Crippen molar-refractivity contribution in [3.05, 3.63) is 9.66 Å². The lowest BCUT2D eigenvalue weighted by molar-refractivity contribution is -0.164. The highest BCUT2D eigenvalue weighted by molar-refractivity contribution is 14.1. The molecular formula is C10H15F2IO3. The van der Waals surface area contributed by atoms with Crippen LogP contribution in [0, 0.1) is 0 Å². The minimum atomic E-state index is -3.56. The monoisotopic (exact) mass is 348 g/mol. The van der Waals surface area contributed by atoms with Gasteiger partial charge in [0.25, 0.3) is 0 Å². The molecule has 0 radical (unpaired) electrons. The Morgan fingerprint density at radius 2 is 2.12 bits per heavy atom. The number of alkyl halides is 2. The number of aliphatic hydroxyl groups is 1. The molecule has 0 saturated carbocycles. The van der Waals surface area contributed by atoms with Gasteiger partial charge in [0, 0.05) is 12.7 Å². The Morgan fingerprint density at radius 1 is 1.50 bits per heavy atom. The van der Waals surface area contributed by atoms with Crippen LogP contribution in [-0.4, -0.2) is 30.2 Å². The number of rotatable bonds is 7. The average Bonchev–Trinajstić information content (AvgIpc) is 2.17. The second-order valence-electron chi connectivity index (χ2n) is 3.12. The highest BCUT2D eigenvalue weighted by Gasteiger charge is 2.38. The first-order valence-corrected chi connectivity index (χ1v) is 6.05. The highest BCUT2D eigenvalue weighted by Crippen LogP contribution is 2.25. The molecule has 94 valence electrons. The smallest absolute Gasteiger partial charge is 0.381 e. The van der Waals surface area contributed by atoms with Crippen LogP contribution >= 0.6 is 22.6 Å². The number of esters is 1. The Balaban J connectivity index is 4.29. The number of halogens is 3. The van der Waals surface area contributed by atoms with Crippen molar-refractivity contribution in [1.29, 1.82) is 0 Å². The molecule has 0 amide bonds. The van der Waals surface area contributed by atoms with Gasteiger partial charge in [-0.2, -0.15) is 8.78 Å². The fraction of sp³-hybridized carbons (Fsp3) is 0.700. The van der Waals surface area contributed by atoms with Crippen molar-refractivity contribution in [2.75, 3.05) is 13.2 Å². The molecule has 0 aliphatic rings. The van der Waals surface area contributed by atoms with Crippen molar-refractivity contribution < 1.29 is 23.4 Å². The predicted octanol–water partition coefficient (Wildman–Crippen LogP) is 2.67. The maximum absolute atomic E-state index is 13.2. The van der Waals surface area contributed by atoms with Crippen LogP contribution in [0.15, 0.2) is 9.66 Å². The van der Waals surface area contributed by atoms with Gasteiger partial charge in [0.15, 0.2) is 0 Å². The Hall–Kier alpha value is -0.240. The average molecular weight is 348 g/mol. The molecule has 0 unspecified atom stereocenters. The van der Waals surface area contributed by atoms with Gasteiger partial charge in [-0.15, -0.1) is 0 Å². The van der Waals surface area contributed by atoms with E-state index in [1.54, 1.807) is 22.6 Å². The zero-order valence-electron chi connectivity index (χ0n) is 9.01. The van der Waals surface area contributed by atoms with Gasteiger partial charge >= 0.3 is 11.9 Å². The first kappa shape index (κ1) is 15.8. The molecule has 0 aromatic rings. The van der Waals surface area contributed by atoms with Crippen LogP contribution in [0.25, 0.3) is 0 Å². The third kappa shape index (κ3) is 6.37. The second kappa shape index (κ2) is 7.94. The van der Waals surface area contributed by atoms with Gasteiger partial charge in [0.05, 0.1) is 6.61 Å². The Morgan fingerprint density at radius 3 is 2.62 bits per heavy atom. The molecule has 1 N–H and O–H groups in total. The number of allylic oxidation sites excluding steroid dienone is 1. The van der Waals surface area contributed by atoms with E-state index in [1.165, 1.54) is 6.92 Å². The molecule has 0 bridgehead atoms. The fourth-order valence-corrected chi connectivity index (χ4v) is 1.73. The summed E-state index contributed by atoms with van der Waals surface area (Å²) >= 11 is 1.76. The molecule has 16 heavy (non-hydrogen) atoms. The normalized spacial score (nSPS) is 12.7. The van der Waals surface area contributed by atoms with Crippen molar-refractivity contribution in [3.63, 3.8) is 0 Å². The maximum Gasteiger partial charge on any atom is 0.381 e. The van der Waals surface area contributed by atoms with E-state index in [1.807, 2.05) is 0 Å². The summed E-state index contributed by atoms with van der Waals surface area (Å²) in [7, 11) is 0. The summed E-state index contributed by atoms with van der Waals surface area (Å²) in [5.74, 6) is -5.09. The summed E-state index contributed by atoms with van der Waals surface area (Å²) in [6.45, 7) is 1.45. The van der Waals surface area contributed by atoms with Crippen molar-refractivity contribution >= 4 is 28.6 Å². The predicted molar refractivity (Wildman–Crippen MR) is 64.6 cm³/mol. The second-order valence-corrected chi connectivity index (χ2v) is 4.50. The van der Waals surface area contributed by atoms with Crippen LogP contribution in [0.5, 0.6) is 0 Å². The van der Waals surface area contributed by atoms with Gasteiger partial charge in [-0.25, -0.2) is 4.79 Å². The van der Waals surface area contributed by atoms with E-state index in [2.05, 4.69) is 4.74 Å². The van der Waals surface area contributed by atoms with Gasteiger partial charge in [0.1, 0.15) is 0 Å². The zero-order chi connectivity index (χ0) is 12.6. The van der Waals surface area contributed by atoms with Gasteiger partial charge < -0.3 is 9.84 Å². The van der Waals surface area contributed by atoms with Crippen LogP contribution in [-0.2, 0) is 9.53 Å². The molecule has 0 aliphatic heterocycles. The minimum Gasteiger partial charge on any atom is -0.461 e. The number of unbranched alkanes of at least 4 members (excludes halogenated alkanes) is 1. The van der Waals surface area contributed by atoms with Gasteiger partial charge in [-0.05, 0) is 52.4 Å². The van der Waals surface area contributed by atoms with Gasteiger partial charge in [-0.3, -0.25) is 0 Å². The standard InChI is InChI=1S/C10H15F2IO3/c1-2-16-9(15)10(11,12)7-8(13)5-3-4-6-14/h7,14H,2-6H2,1H3. The summed E-state index contributed by atoms with van der Waals surface area (Å²) in [6.07, 6.45) is 2.22. The topological polar surface area (TPSA) is 46.5 Å². The number of carbonyl (C=O) groups excluding carboxylic acids is 1. The molecule has 0 saturated heterocycles. The van der Waals surface area contributed by atoms with E-state index in [-0.39, 0.29) is 13.2 Å². The maximum atomic E-state index is 13.2. The van der Waals surface area contributed by atoms with Gasteiger partial charge in [0.2, 0.25) is 0 Å². The molecule has 0 aliphatic carbocycles. The van der Waals surface area contributed by atoms with Crippen molar-refractivity contribution in [3.8, 4) is 0 Å². The van der Waals surface area contributed by atoms with E-state index in [0.29, 0.717) is 28.9 Å². The molecule has 0 aromatic carbocycles. The van der Waals surface area contributed by atoms with Crippen LogP contribution < -0.4 is 0 Å². The van der Waals surface area contributed by atoms with E-state index in [9.17, 15) is 13.6 Å². The summed E-state index contributed by atoms with van der Waals surface area (Å²) in [6, 6.07) is 0. The molecule has 0 atom stereocenters. The molecule has 0 heterocycles. The van der Waals surface area contributed by atoms with E-state index >= 15 is 0 Å². The molecule has 6 heteroatoms. The molecule has 0 rings (SSSR count). The van der Waals surface area contributed by atoms with Crippen molar-refractivity contribution in [1.82, 2.24) is 0 Å². The number of ether oxygens (including phenoxy) is 1. The van der Waals surface area contributed by atoms with Crippen LogP contribution in [0.3, 0.4) is 0 Å². The number of hydrogen-bond acceptors (Lipinski definition) is 3. The van der Waals surface area contributed by atoms with Crippen molar-refractivity contribution in [2.24, 2.45) is 0 Å². The Labute approximate surface area is 107 Å². The van der Waals surface area contributed by atoms with Crippen LogP contribution in [0.1, 0.15) is 26.2 Å². The van der Waals surface area contributed by atoms with Crippen LogP contribution in [0.2, 0.25) is 0 Å². The fourth-order valence-electron chi connectivity index (χ4n) is 0.961. The third-order valence-electron chi connectivity index (χ3n) is 1.71. The summed E-state index contributed by atoms with van der Waals surface area (Å²) in [5.41, 5.74) is 0. The zero-order valence-corrected chi connectivity index (χ0v) is 11.2. The molecule has 3 nitrogen and oxygen atoms in total. The largest absolute Gasteiger partial charge is 0.461 e. The van der Waals surface area contributed by atoms with Crippen LogP contribution in [0.4, 0.5) is 8.78 Å². The van der Waals surface area contributed by atoms with E-state index < -0.39 is 11.9 Å². The summed E-state index contributed by atoms with van der Waals surface area (Å²) < 4.78 is 31.0.